The molecule has 1 aromatic rings. The number of anilines is 1. The van der Waals surface area contributed by atoms with Crippen LogP contribution in [0.3, 0.4) is 0 Å². The maximum absolute atomic E-state index is 12.1. The van der Waals surface area contributed by atoms with Gasteiger partial charge in [-0.25, -0.2) is 4.98 Å². The Morgan fingerprint density at radius 2 is 2.11 bits per heavy atom. The number of hydrogen-bond donors (Lipinski definition) is 1. The van der Waals surface area contributed by atoms with Crippen LogP contribution in [-0.4, -0.2) is 16.7 Å². The van der Waals surface area contributed by atoms with Crippen molar-refractivity contribution < 1.29 is 9.59 Å². The number of nitrogens with zero attached hydrogens (tertiary/aromatic N) is 2. The van der Waals surface area contributed by atoms with Gasteiger partial charge in [0.1, 0.15) is 5.82 Å². The lowest BCUT2D eigenvalue weighted by Gasteiger charge is -2.12. The Bertz CT molecular complexity index is 501. The Morgan fingerprint density at radius 3 is 2.68 bits per heavy atom. The van der Waals surface area contributed by atoms with Crippen molar-refractivity contribution in [1.82, 2.24) is 4.98 Å². The van der Waals surface area contributed by atoms with Crippen LogP contribution in [0.5, 0.6) is 0 Å². The van der Waals surface area contributed by atoms with Gasteiger partial charge in [0.2, 0.25) is 0 Å². The minimum absolute atomic E-state index is 0.140. The van der Waals surface area contributed by atoms with Gasteiger partial charge in [0.15, 0.2) is 11.7 Å². The summed E-state index contributed by atoms with van der Waals surface area (Å²) in [5, 5.41) is 11.6. The van der Waals surface area contributed by atoms with Gasteiger partial charge >= 0.3 is 0 Å². The summed E-state index contributed by atoms with van der Waals surface area (Å²) in [6, 6.07) is 6.88. The van der Waals surface area contributed by atoms with Crippen molar-refractivity contribution in [1.29, 1.82) is 5.26 Å². The summed E-state index contributed by atoms with van der Waals surface area (Å²) in [7, 11) is 0. The molecule has 0 saturated heterocycles. The van der Waals surface area contributed by atoms with Crippen molar-refractivity contribution >= 4 is 17.5 Å². The molecule has 1 aromatic heterocycles. The maximum atomic E-state index is 12.1. The second-order valence-electron chi connectivity index (χ2n) is 4.65. The number of ketones is 1. The quantitative estimate of drug-likeness (QED) is 0.835. The molecule has 0 spiro atoms. The molecule has 0 aromatic carbocycles. The number of nitrogens with one attached hydrogen (secondary N) is 1. The van der Waals surface area contributed by atoms with E-state index in [-0.39, 0.29) is 11.7 Å². The van der Waals surface area contributed by atoms with Gasteiger partial charge in [-0.05, 0) is 25.0 Å². The standard InChI is InChI=1S/C14H15N3O2/c15-9-11(13(18)10-5-1-2-6-10)14(19)17-12-7-3-4-8-16-12/h3-4,7-8,10-11H,1-2,5-6H2,(H,16,17,19). The first-order chi connectivity index (χ1) is 9.22. The van der Waals surface area contributed by atoms with Crippen LogP contribution in [-0.2, 0) is 9.59 Å². The molecule has 1 saturated carbocycles. The Morgan fingerprint density at radius 1 is 1.37 bits per heavy atom. The van der Waals surface area contributed by atoms with Crippen LogP contribution in [0.1, 0.15) is 25.7 Å². The fourth-order valence-corrected chi connectivity index (χ4v) is 2.33. The summed E-state index contributed by atoms with van der Waals surface area (Å²) in [5.41, 5.74) is 0. The van der Waals surface area contributed by atoms with Crippen LogP contribution in [0.25, 0.3) is 0 Å². The van der Waals surface area contributed by atoms with Gasteiger partial charge in [0.05, 0.1) is 6.07 Å². The van der Waals surface area contributed by atoms with E-state index in [2.05, 4.69) is 10.3 Å². The Labute approximate surface area is 111 Å². The van der Waals surface area contributed by atoms with Crippen molar-refractivity contribution in [2.45, 2.75) is 25.7 Å². The Balaban J connectivity index is 2.03. The van der Waals surface area contributed by atoms with Gasteiger partial charge < -0.3 is 5.32 Å². The molecule has 0 bridgehead atoms. The molecule has 1 amide bonds. The molecule has 1 unspecified atom stereocenters. The molecule has 5 nitrogen and oxygen atoms in total. The number of carbonyl (C=O) groups excluding carboxylic acids is 2. The number of nitriles is 1. The van der Waals surface area contributed by atoms with E-state index in [0.29, 0.717) is 5.82 Å². The van der Waals surface area contributed by atoms with E-state index in [9.17, 15) is 9.59 Å². The van der Waals surface area contributed by atoms with Crippen LogP contribution in [0.4, 0.5) is 5.82 Å². The fraction of sp³-hybridized carbons (Fsp3) is 0.429. The van der Waals surface area contributed by atoms with Crippen molar-refractivity contribution in [3.8, 4) is 6.07 Å². The Hall–Kier alpha value is -2.22. The molecule has 1 N–H and O–H groups in total. The first kappa shape index (κ1) is 13.2. The highest BCUT2D eigenvalue weighted by Gasteiger charge is 2.33. The SMILES string of the molecule is N#CC(C(=O)Nc1ccccn1)C(=O)C1CCCC1. The summed E-state index contributed by atoms with van der Waals surface area (Å²) >= 11 is 0. The van der Waals surface area contributed by atoms with E-state index in [0.717, 1.165) is 25.7 Å². The van der Waals surface area contributed by atoms with Crippen LogP contribution in [0, 0.1) is 23.2 Å². The lowest BCUT2D eigenvalue weighted by Crippen LogP contribution is -2.32. The largest absolute Gasteiger partial charge is 0.309 e. The van der Waals surface area contributed by atoms with Crippen LogP contribution < -0.4 is 5.32 Å². The van der Waals surface area contributed by atoms with Crippen molar-refractivity contribution in [2.75, 3.05) is 5.32 Å². The molecule has 19 heavy (non-hydrogen) atoms. The third-order valence-corrected chi connectivity index (χ3v) is 3.35. The van der Waals surface area contributed by atoms with Crippen molar-refractivity contribution in [2.24, 2.45) is 11.8 Å². The van der Waals surface area contributed by atoms with E-state index in [1.165, 1.54) is 6.20 Å². The number of carbonyl (C=O) groups is 2. The van der Waals surface area contributed by atoms with E-state index < -0.39 is 11.8 Å². The highest BCUT2D eigenvalue weighted by Crippen LogP contribution is 2.28. The molecule has 1 aliphatic rings. The van der Waals surface area contributed by atoms with Crippen LogP contribution in [0.15, 0.2) is 24.4 Å². The molecule has 5 heteroatoms. The van der Waals surface area contributed by atoms with E-state index >= 15 is 0 Å². The fourth-order valence-electron chi connectivity index (χ4n) is 2.33. The van der Waals surface area contributed by atoms with Crippen molar-refractivity contribution in [3.05, 3.63) is 24.4 Å². The monoisotopic (exact) mass is 257 g/mol. The first-order valence-electron chi connectivity index (χ1n) is 6.37. The zero-order valence-electron chi connectivity index (χ0n) is 10.5. The number of aromatic nitrogens is 1. The van der Waals surface area contributed by atoms with Crippen molar-refractivity contribution in [3.63, 3.8) is 0 Å². The molecule has 1 heterocycles. The zero-order chi connectivity index (χ0) is 13.7. The average Bonchev–Trinajstić information content (AvgIpc) is 2.94. The van der Waals surface area contributed by atoms with Crippen LogP contribution >= 0.6 is 0 Å². The Kier molecular flexibility index (Phi) is 4.24. The second kappa shape index (κ2) is 6.10. The lowest BCUT2D eigenvalue weighted by molar-refractivity contribution is -0.131. The van der Waals surface area contributed by atoms with Crippen LogP contribution in [0.2, 0.25) is 0 Å². The highest BCUT2D eigenvalue weighted by molar-refractivity contribution is 6.09. The number of hydrogen-bond acceptors (Lipinski definition) is 4. The molecule has 1 atom stereocenters. The minimum Gasteiger partial charge on any atom is -0.309 e. The predicted octanol–water partition coefficient (Wildman–Crippen LogP) is 1.92. The molecule has 2 rings (SSSR count). The topological polar surface area (TPSA) is 82.8 Å². The van der Waals surface area contributed by atoms with Gasteiger partial charge in [-0.15, -0.1) is 0 Å². The van der Waals surface area contributed by atoms with E-state index in [1.54, 1.807) is 18.2 Å². The number of pyridine rings is 1. The summed E-state index contributed by atoms with van der Waals surface area (Å²) in [4.78, 5) is 28.0. The second-order valence-corrected chi connectivity index (χ2v) is 4.65. The van der Waals surface area contributed by atoms with Gasteiger partial charge in [-0.2, -0.15) is 5.26 Å². The summed E-state index contributed by atoms with van der Waals surface area (Å²) in [6.45, 7) is 0. The summed E-state index contributed by atoms with van der Waals surface area (Å²) in [5.74, 6) is -1.86. The van der Waals surface area contributed by atoms with Gasteiger partial charge in [-0.3, -0.25) is 9.59 Å². The normalized spacial score (nSPS) is 16.6. The summed E-state index contributed by atoms with van der Waals surface area (Å²) < 4.78 is 0. The lowest BCUT2D eigenvalue weighted by atomic mass is 9.92. The first-order valence-corrected chi connectivity index (χ1v) is 6.37. The summed E-state index contributed by atoms with van der Waals surface area (Å²) in [6.07, 6.45) is 5.10. The number of rotatable bonds is 4. The molecule has 0 aliphatic heterocycles. The smallest absolute Gasteiger partial charge is 0.250 e. The van der Waals surface area contributed by atoms with E-state index in [4.69, 9.17) is 5.26 Å². The van der Waals surface area contributed by atoms with E-state index in [1.807, 2.05) is 6.07 Å². The molecule has 1 fully saturated rings. The third-order valence-electron chi connectivity index (χ3n) is 3.35. The maximum Gasteiger partial charge on any atom is 0.250 e. The molecule has 0 radical (unpaired) electrons. The zero-order valence-corrected chi connectivity index (χ0v) is 10.5. The van der Waals surface area contributed by atoms with Gasteiger partial charge in [0.25, 0.3) is 5.91 Å². The number of amides is 1. The predicted molar refractivity (Wildman–Crippen MR) is 68.9 cm³/mol. The van der Waals surface area contributed by atoms with Gasteiger partial charge in [-0.1, -0.05) is 18.9 Å². The minimum atomic E-state index is -1.23. The third kappa shape index (κ3) is 3.16. The average molecular weight is 257 g/mol. The number of Topliss-reactive ketones (excluding diaryl/α,β-unsaturated/α-hetero) is 1. The van der Waals surface area contributed by atoms with Gasteiger partial charge in [0, 0.05) is 12.1 Å². The molecular weight excluding hydrogens is 242 g/mol. The molecular formula is C14H15N3O2. The highest BCUT2D eigenvalue weighted by atomic mass is 16.2. The molecule has 98 valence electrons. The molecule has 1 aliphatic carbocycles.